The smallest absolute Gasteiger partial charge is 0.174 e. The zero-order chi connectivity index (χ0) is 10.7. The highest BCUT2D eigenvalue weighted by atomic mass is 127. The summed E-state index contributed by atoms with van der Waals surface area (Å²) in [6, 6.07) is 5.48. The molecule has 1 aromatic rings. The van der Waals surface area contributed by atoms with Crippen LogP contribution in [0.3, 0.4) is 0 Å². The lowest BCUT2D eigenvalue weighted by Gasteiger charge is -2.23. The Morgan fingerprint density at radius 3 is 2.60 bits per heavy atom. The van der Waals surface area contributed by atoms with E-state index in [-0.39, 0.29) is 5.75 Å². The first-order valence-electron chi connectivity index (χ1n) is 5.41. The molecule has 0 aromatic heterocycles. The van der Waals surface area contributed by atoms with Gasteiger partial charge in [-0.1, -0.05) is 12.5 Å². The Morgan fingerprint density at radius 2 is 1.93 bits per heavy atom. The number of aromatic hydroxyl groups is 1. The van der Waals surface area contributed by atoms with Gasteiger partial charge in [-0.15, -0.1) is 0 Å². The molecule has 1 fully saturated rings. The lowest BCUT2D eigenvalue weighted by molar-refractivity contribution is 0.149. The van der Waals surface area contributed by atoms with E-state index in [1.165, 1.54) is 19.3 Å². The molecular weight excluding hydrogens is 303 g/mol. The molecule has 0 amide bonds. The number of rotatable bonds is 2. The highest BCUT2D eigenvalue weighted by Crippen LogP contribution is 2.34. The standard InChI is InChI=1S/C12H15IO2/c13-10-7-4-8-11(14)12(10)15-9-5-2-1-3-6-9/h4,7-9,14H,1-3,5-6H2. The molecule has 0 heterocycles. The molecule has 2 nitrogen and oxygen atoms in total. The molecule has 0 unspecified atom stereocenters. The molecule has 0 radical (unpaired) electrons. The molecule has 0 bridgehead atoms. The average molecular weight is 318 g/mol. The minimum absolute atomic E-state index is 0.257. The van der Waals surface area contributed by atoms with Gasteiger partial charge in [-0.25, -0.2) is 0 Å². The van der Waals surface area contributed by atoms with Crippen molar-refractivity contribution in [3.63, 3.8) is 0 Å². The average Bonchev–Trinajstić information content (AvgIpc) is 2.25. The maximum atomic E-state index is 9.69. The van der Waals surface area contributed by atoms with Gasteiger partial charge in [0.1, 0.15) is 0 Å². The SMILES string of the molecule is Oc1cccc(I)c1OC1CCCCC1. The van der Waals surface area contributed by atoms with Crippen LogP contribution in [0.5, 0.6) is 11.5 Å². The van der Waals surface area contributed by atoms with Crippen LogP contribution >= 0.6 is 22.6 Å². The van der Waals surface area contributed by atoms with Crippen molar-refractivity contribution in [2.75, 3.05) is 0 Å². The van der Waals surface area contributed by atoms with Crippen molar-refractivity contribution in [3.05, 3.63) is 21.8 Å². The predicted molar refractivity (Wildman–Crippen MR) is 68.3 cm³/mol. The predicted octanol–water partition coefficient (Wildman–Crippen LogP) is 3.71. The summed E-state index contributed by atoms with van der Waals surface area (Å²) in [5.41, 5.74) is 0. The maximum absolute atomic E-state index is 9.69. The molecule has 2 rings (SSSR count). The van der Waals surface area contributed by atoms with E-state index < -0.39 is 0 Å². The fourth-order valence-corrected chi connectivity index (χ4v) is 2.57. The summed E-state index contributed by atoms with van der Waals surface area (Å²) in [4.78, 5) is 0. The number of para-hydroxylation sites is 1. The topological polar surface area (TPSA) is 29.5 Å². The monoisotopic (exact) mass is 318 g/mol. The zero-order valence-corrected chi connectivity index (χ0v) is 10.7. The van der Waals surface area contributed by atoms with Crippen LogP contribution in [0.1, 0.15) is 32.1 Å². The fourth-order valence-electron chi connectivity index (χ4n) is 1.96. The number of hydrogen-bond acceptors (Lipinski definition) is 2. The Bertz CT molecular complexity index is 312. The third-order valence-electron chi connectivity index (χ3n) is 2.78. The van der Waals surface area contributed by atoms with Gasteiger partial charge in [0, 0.05) is 0 Å². The Hall–Kier alpha value is -0.450. The molecule has 0 aliphatic heterocycles. The van der Waals surface area contributed by atoms with E-state index in [4.69, 9.17) is 4.74 Å². The summed E-state index contributed by atoms with van der Waals surface area (Å²) in [6.07, 6.45) is 6.33. The Morgan fingerprint density at radius 1 is 1.20 bits per heavy atom. The van der Waals surface area contributed by atoms with Crippen LogP contribution < -0.4 is 4.74 Å². The van der Waals surface area contributed by atoms with Gasteiger partial charge in [0.2, 0.25) is 0 Å². The van der Waals surface area contributed by atoms with Gasteiger partial charge in [-0.3, -0.25) is 0 Å². The van der Waals surface area contributed by atoms with Crippen molar-refractivity contribution >= 4 is 22.6 Å². The summed E-state index contributed by atoms with van der Waals surface area (Å²) >= 11 is 2.20. The minimum Gasteiger partial charge on any atom is -0.504 e. The molecule has 0 spiro atoms. The summed E-state index contributed by atoms with van der Waals surface area (Å²) < 4.78 is 6.84. The first-order valence-corrected chi connectivity index (χ1v) is 6.49. The second-order valence-corrected chi connectivity index (χ2v) is 5.13. The summed E-state index contributed by atoms with van der Waals surface area (Å²) in [5.74, 6) is 0.914. The second kappa shape index (κ2) is 5.05. The van der Waals surface area contributed by atoms with Crippen molar-refractivity contribution in [2.45, 2.75) is 38.2 Å². The van der Waals surface area contributed by atoms with E-state index >= 15 is 0 Å². The highest BCUT2D eigenvalue weighted by molar-refractivity contribution is 14.1. The van der Waals surface area contributed by atoms with Crippen molar-refractivity contribution in [1.29, 1.82) is 0 Å². The normalized spacial score (nSPS) is 17.7. The van der Waals surface area contributed by atoms with E-state index in [1.807, 2.05) is 12.1 Å². The minimum atomic E-state index is 0.257. The molecule has 3 heteroatoms. The maximum Gasteiger partial charge on any atom is 0.174 e. The Kier molecular flexibility index (Phi) is 3.72. The Labute approximate surface area is 104 Å². The van der Waals surface area contributed by atoms with Crippen LogP contribution in [-0.4, -0.2) is 11.2 Å². The third kappa shape index (κ3) is 2.77. The van der Waals surface area contributed by atoms with E-state index in [0.29, 0.717) is 11.9 Å². The van der Waals surface area contributed by atoms with Crippen molar-refractivity contribution < 1.29 is 9.84 Å². The highest BCUT2D eigenvalue weighted by Gasteiger charge is 2.17. The van der Waals surface area contributed by atoms with Crippen molar-refractivity contribution in [3.8, 4) is 11.5 Å². The lowest BCUT2D eigenvalue weighted by Crippen LogP contribution is -2.20. The number of phenols is 1. The van der Waals surface area contributed by atoms with Crippen LogP contribution in [0.25, 0.3) is 0 Å². The van der Waals surface area contributed by atoms with Gasteiger partial charge < -0.3 is 9.84 Å². The molecule has 1 saturated carbocycles. The van der Waals surface area contributed by atoms with Gasteiger partial charge in [0.15, 0.2) is 11.5 Å². The number of hydrogen-bond donors (Lipinski definition) is 1. The number of benzene rings is 1. The number of phenolic OH excluding ortho intramolecular Hbond substituents is 1. The summed E-state index contributed by atoms with van der Waals surface area (Å²) in [5, 5.41) is 9.69. The largest absolute Gasteiger partial charge is 0.504 e. The van der Waals surface area contributed by atoms with Crippen LogP contribution in [0.4, 0.5) is 0 Å². The van der Waals surface area contributed by atoms with Crippen molar-refractivity contribution in [1.82, 2.24) is 0 Å². The first-order chi connectivity index (χ1) is 7.27. The number of ether oxygens (including phenoxy) is 1. The van der Waals surface area contributed by atoms with E-state index in [9.17, 15) is 5.11 Å². The lowest BCUT2D eigenvalue weighted by atomic mass is 9.98. The Balaban J connectivity index is 2.09. The second-order valence-electron chi connectivity index (χ2n) is 3.97. The molecule has 15 heavy (non-hydrogen) atoms. The zero-order valence-electron chi connectivity index (χ0n) is 8.58. The van der Waals surface area contributed by atoms with E-state index in [1.54, 1.807) is 6.07 Å². The molecular formula is C12H15IO2. The summed E-state index contributed by atoms with van der Waals surface area (Å²) in [7, 11) is 0. The third-order valence-corrected chi connectivity index (χ3v) is 3.63. The van der Waals surface area contributed by atoms with Crippen LogP contribution in [0.2, 0.25) is 0 Å². The quantitative estimate of drug-likeness (QED) is 0.843. The van der Waals surface area contributed by atoms with Crippen LogP contribution in [-0.2, 0) is 0 Å². The summed E-state index contributed by atoms with van der Waals surface area (Å²) in [6.45, 7) is 0. The first kappa shape index (κ1) is 11.0. The molecule has 1 aromatic carbocycles. The molecule has 1 N–H and O–H groups in total. The van der Waals surface area contributed by atoms with Crippen LogP contribution in [0, 0.1) is 3.57 Å². The molecule has 1 aliphatic carbocycles. The van der Waals surface area contributed by atoms with Crippen molar-refractivity contribution in [2.24, 2.45) is 0 Å². The van der Waals surface area contributed by atoms with E-state index in [0.717, 1.165) is 16.4 Å². The molecule has 0 saturated heterocycles. The molecule has 0 atom stereocenters. The number of halogens is 1. The van der Waals surface area contributed by atoms with Gasteiger partial charge in [0.25, 0.3) is 0 Å². The van der Waals surface area contributed by atoms with Crippen LogP contribution in [0.15, 0.2) is 18.2 Å². The van der Waals surface area contributed by atoms with Gasteiger partial charge >= 0.3 is 0 Å². The van der Waals surface area contributed by atoms with Gasteiger partial charge in [-0.2, -0.15) is 0 Å². The van der Waals surface area contributed by atoms with Gasteiger partial charge in [-0.05, 0) is 60.4 Å². The van der Waals surface area contributed by atoms with E-state index in [2.05, 4.69) is 22.6 Å². The fraction of sp³-hybridized carbons (Fsp3) is 0.500. The molecule has 1 aliphatic rings. The van der Waals surface area contributed by atoms with Gasteiger partial charge in [0.05, 0.1) is 9.67 Å². The molecule has 82 valence electrons.